The van der Waals surface area contributed by atoms with E-state index in [-0.39, 0.29) is 12.0 Å². The van der Waals surface area contributed by atoms with Crippen LogP contribution in [0, 0.1) is 0 Å². The topological polar surface area (TPSA) is 40.5 Å². The minimum atomic E-state index is -0.381. The van der Waals surface area contributed by atoms with E-state index in [1.54, 1.807) is 7.05 Å². The number of carbonyl (C=O) groups excluding carboxylic acids is 1. The molecule has 0 heterocycles. The molecule has 0 aliphatic carbocycles. The highest BCUT2D eigenvalue weighted by Gasteiger charge is 2.06. The van der Waals surface area contributed by atoms with Gasteiger partial charge in [0, 0.05) is 20.5 Å². The normalized spacial score (nSPS) is 12.8. The summed E-state index contributed by atoms with van der Waals surface area (Å²) in [4.78, 5) is 12.1. The molecule has 0 aromatic carbocycles. The Bertz CT molecular complexity index is 114. The molecule has 0 rings (SSSR count). The molecule has 3 heteroatoms. The van der Waals surface area contributed by atoms with Crippen molar-refractivity contribution in [3.05, 3.63) is 0 Å². The number of hydrogen-bond donors (Lipinski definition) is 1. The summed E-state index contributed by atoms with van der Waals surface area (Å²) in [6.45, 7) is 3.81. The molecular formula is C7H15NO2. The zero-order valence-electron chi connectivity index (χ0n) is 6.79. The molecule has 1 amide bonds. The van der Waals surface area contributed by atoms with Crippen LogP contribution < -0.4 is 0 Å². The maximum atomic E-state index is 10.6. The summed E-state index contributed by atoms with van der Waals surface area (Å²) in [5, 5.41) is 9.08. The summed E-state index contributed by atoms with van der Waals surface area (Å²) < 4.78 is 0. The lowest BCUT2D eigenvalue weighted by atomic mass is 10.2. The number of carbonyl (C=O) groups is 1. The second-order valence-electron chi connectivity index (χ2n) is 2.46. The molecule has 0 saturated carbocycles. The third kappa shape index (κ3) is 3.45. The van der Waals surface area contributed by atoms with Crippen LogP contribution in [0.5, 0.6) is 0 Å². The second kappa shape index (κ2) is 4.28. The molecule has 0 aliphatic heterocycles. The van der Waals surface area contributed by atoms with E-state index in [0.717, 1.165) is 0 Å². The molecule has 0 fully saturated rings. The molecular weight excluding hydrogens is 130 g/mol. The molecule has 1 atom stereocenters. The standard InChI is InChI=1S/C7H15NO2/c1-4-7(10)5-8(3)6(2)9/h7,10H,4-5H2,1-3H3. The van der Waals surface area contributed by atoms with Gasteiger partial charge in [0.05, 0.1) is 6.10 Å². The van der Waals surface area contributed by atoms with Crippen LogP contribution in [-0.4, -0.2) is 35.6 Å². The Hall–Kier alpha value is -0.570. The van der Waals surface area contributed by atoms with Crippen LogP contribution in [0.3, 0.4) is 0 Å². The Kier molecular flexibility index (Phi) is 4.03. The molecule has 0 aliphatic rings. The van der Waals surface area contributed by atoms with Gasteiger partial charge in [-0.2, -0.15) is 0 Å². The lowest BCUT2D eigenvalue weighted by Crippen LogP contribution is -2.32. The van der Waals surface area contributed by atoms with E-state index in [9.17, 15) is 4.79 Å². The molecule has 0 bridgehead atoms. The van der Waals surface area contributed by atoms with Crippen molar-refractivity contribution in [3.8, 4) is 0 Å². The Morgan fingerprint density at radius 1 is 1.70 bits per heavy atom. The van der Waals surface area contributed by atoms with Gasteiger partial charge in [-0.3, -0.25) is 4.79 Å². The van der Waals surface area contributed by atoms with Crippen LogP contribution in [0.4, 0.5) is 0 Å². The molecule has 0 saturated heterocycles. The van der Waals surface area contributed by atoms with Gasteiger partial charge in [-0.15, -0.1) is 0 Å². The first-order chi connectivity index (χ1) is 4.57. The van der Waals surface area contributed by atoms with E-state index in [1.165, 1.54) is 11.8 Å². The number of amides is 1. The van der Waals surface area contributed by atoms with Crippen molar-refractivity contribution >= 4 is 5.91 Å². The number of hydrogen-bond acceptors (Lipinski definition) is 2. The van der Waals surface area contributed by atoms with Crippen molar-refractivity contribution in [1.29, 1.82) is 0 Å². The summed E-state index contributed by atoms with van der Waals surface area (Å²) in [7, 11) is 1.68. The molecule has 0 aromatic rings. The summed E-state index contributed by atoms with van der Waals surface area (Å²) in [5.41, 5.74) is 0. The largest absolute Gasteiger partial charge is 0.391 e. The van der Waals surface area contributed by atoms with Crippen LogP contribution in [0.15, 0.2) is 0 Å². The second-order valence-corrected chi connectivity index (χ2v) is 2.46. The van der Waals surface area contributed by atoms with E-state index < -0.39 is 0 Å². The van der Waals surface area contributed by atoms with Gasteiger partial charge < -0.3 is 10.0 Å². The first-order valence-corrected chi connectivity index (χ1v) is 3.47. The fourth-order valence-electron chi connectivity index (χ4n) is 0.574. The van der Waals surface area contributed by atoms with Crippen molar-refractivity contribution in [2.24, 2.45) is 0 Å². The first-order valence-electron chi connectivity index (χ1n) is 3.47. The fourth-order valence-corrected chi connectivity index (χ4v) is 0.574. The minimum Gasteiger partial charge on any atom is -0.391 e. The molecule has 0 spiro atoms. The molecule has 0 aromatic heterocycles. The summed E-state index contributed by atoms with van der Waals surface area (Å²) in [6.07, 6.45) is 0.311. The van der Waals surface area contributed by atoms with E-state index in [0.29, 0.717) is 13.0 Å². The molecule has 10 heavy (non-hydrogen) atoms. The minimum absolute atomic E-state index is 0.00694. The number of nitrogens with zero attached hydrogens (tertiary/aromatic N) is 1. The van der Waals surface area contributed by atoms with Gasteiger partial charge in [0.1, 0.15) is 0 Å². The van der Waals surface area contributed by atoms with Crippen molar-refractivity contribution in [1.82, 2.24) is 4.90 Å². The predicted molar refractivity (Wildman–Crippen MR) is 39.6 cm³/mol. The lowest BCUT2D eigenvalue weighted by Gasteiger charge is -2.17. The van der Waals surface area contributed by atoms with Crippen molar-refractivity contribution < 1.29 is 9.90 Å². The fraction of sp³-hybridized carbons (Fsp3) is 0.857. The number of rotatable bonds is 3. The van der Waals surface area contributed by atoms with Crippen LogP contribution in [-0.2, 0) is 4.79 Å². The van der Waals surface area contributed by atoms with E-state index in [1.807, 2.05) is 6.92 Å². The Morgan fingerprint density at radius 2 is 2.20 bits per heavy atom. The SMILES string of the molecule is CCC(O)CN(C)C(C)=O. The van der Waals surface area contributed by atoms with Crippen molar-refractivity contribution in [3.63, 3.8) is 0 Å². The average Bonchev–Trinajstić information content (AvgIpc) is 1.87. The zero-order chi connectivity index (χ0) is 8.15. The smallest absolute Gasteiger partial charge is 0.219 e. The summed E-state index contributed by atoms with van der Waals surface area (Å²) in [6, 6.07) is 0. The van der Waals surface area contributed by atoms with Gasteiger partial charge in [-0.25, -0.2) is 0 Å². The van der Waals surface area contributed by atoms with E-state index >= 15 is 0 Å². The molecule has 3 nitrogen and oxygen atoms in total. The van der Waals surface area contributed by atoms with E-state index in [2.05, 4.69) is 0 Å². The van der Waals surface area contributed by atoms with Gasteiger partial charge in [0.15, 0.2) is 0 Å². The van der Waals surface area contributed by atoms with Gasteiger partial charge in [-0.05, 0) is 6.42 Å². The number of aliphatic hydroxyl groups excluding tert-OH is 1. The third-order valence-corrected chi connectivity index (χ3v) is 1.49. The van der Waals surface area contributed by atoms with Crippen molar-refractivity contribution in [2.75, 3.05) is 13.6 Å². The van der Waals surface area contributed by atoms with Crippen LogP contribution >= 0.6 is 0 Å². The third-order valence-electron chi connectivity index (χ3n) is 1.49. The number of likely N-dealkylation sites (N-methyl/N-ethyl adjacent to an activating group) is 1. The molecule has 60 valence electrons. The first kappa shape index (κ1) is 9.43. The van der Waals surface area contributed by atoms with Crippen LogP contribution in [0.25, 0.3) is 0 Å². The van der Waals surface area contributed by atoms with Gasteiger partial charge in [-0.1, -0.05) is 6.92 Å². The molecule has 1 N–H and O–H groups in total. The van der Waals surface area contributed by atoms with Gasteiger partial charge in [0.25, 0.3) is 0 Å². The summed E-state index contributed by atoms with van der Waals surface area (Å²) in [5.74, 6) is -0.00694. The Balaban J connectivity index is 3.56. The van der Waals surface area contributed by atoms with Gasteiger partial charge >= 0.3 is 0 Å². The highest BCUT2D eigenvalue weighted by molar-refractivity contribution is 5.72. The number of aliphatic hydroxyl groups is 1. The highest BCUT2D eigenvalue weighted by Crippen LogP contribution is 1.93. The van der Waals surface area contributed by atoms with Crippen molar-refractivity contribution in [2.45, 2.75) is 26.4 Å². The van der Waals surface area contributed by atoms with E-state index in [4.69, 9.17) is 5.11 Å². The zero-order valence-corrected chi connectivity index (χ0v) is 6.79. The Morgan fingerprint density at radius 3 is 2.50 bits per heavy atom. The Labute approximate surface area is 61.6 Å². The van der Waals surface area contributed by atoms with Crippen LogP contribution in [0.1, 0.15) is 20.3 Å². The molecule has 0 radical (unpaired) electrons. The van der Waals surface area contributed by atoms with Crippen LogP contribution in [0.2, 0.25) is 0 Å². The maximum Gasteiger partial charge on any atom is 0.219 e. The quantitative estimate of drug-likeness (QED) is 0.617. The highest BCUT2D eigenvalue weighted by atomic mass is 16.3. The van der Waals surface area contributed by atoms with Gasteiger partial charge in [0.2, 0.25) is 5.91 Å². The predicted octanol–water partition coefficient (Wildman–Crippen LogP) is 0.236. The monoisotopic (exact) mass is 145 g/mol. The average molecular weight is 145 g/mol. The molecule has 1 unspecified atom stereocenters. The summed E-state index contributed by atoms with van der Waals surface area (Å²) >= 11 is 0. The lowest BCUT2D eigenvalue weighted by molar-refractivity contribution is -0.128. The maximum absolute atomic E-state index is 10.6.